The molecule has 0 saturated heterocycles. The molecule has 1 aromatic rings. The minimum Gasteiger partial charge on any atom is -0.398 e. The van der Waals surface area contributed by atoms with Crippen molar-refractivity contribution in [1.29, 1.82) is 0 Å². The summed E-state index contributed by atoms with van der Waals surface area (Å²) in [6.45, 7) is 0.810. The number of aliphatic hydroxyl groups is 1. The van der Waals surface area contributed by atoms with E-state index in [-0.39, 0.29) is 10.6 Å². The molecular formula is C11H16F2N2O3S. The Hall–Kier alpha value is -1.25. The first kappa shape index (κ1) is 15.8. The summed E-state index contributed by atoms with van der Waals surface area (Å²) < 4.78 is 51.0. The number of nitrogens with two attached hydrogens (primary N) is 1. The van der Waals surface area contributed by atoms with Crippen LogP contribution in [-0.2, 0) is 10.0 Å². The van der Waals surface area contributed by atoms with Crippen molar-refractivity contribution in [2.24, 2.45) is 0 Å². The van der Waals surface area contributed by atoms with Crippen LogP contribution in [0.1, 0.15) is 11.1 Å². The second-order valence-corrected chi connectivity index (χ2v) is 6.06. The molecule has 0 aliphatic rings. The van der Waals surface area contributed by atoms with Crippen molar-refractivity contribution in [1.82, 2.24) is 4.72 Å². The fourth-order valence-corrected chi connectivity index (χ4v) is 2.53. The van der Waals surface area contributed by atoms with Gasteiger partial charge in [0, 0.05) is 5.69 Å². The van der Waals surface area contributed by atoms with E-state index in [1.807, 2.05) is 0 Å². The Kier molecular flexibility index (Phi) is 4.49. The van der Waals surface area contributed by atoms with Crippen molar-refractivity contribution in [3.8, 4) is 0 Å². The van der Waals surface area contributed by atoms with Crippen LogP contribution in [0.3, 0.4) is 0 Å². The van der Waals surface area contributed by atoms with Crippen molar-refractivity contribution >= 4 is 15.7 Å². The smallest absolute Gasteiger partial charge is 0.283 e. The number of hydrogen-bond acceptors (Lipinski definition) is 4. The van der Waals surface area contributed by atoms with Crippen LogP contribution in [0.15, 0.2) is 17.0 Å². The lowest BCUT2D eigenvalue weighted by Crippen LogP contribution is -2.39. The Morgan fingerprint density at radius 3 is 2.42 bits per heavy atom. The van der Waals surface area contributed by atoms with Gasteiger partial charge in [0.2, 0.25) is 10.0 Å². The number of hydrogen-bond donors (Lipinski definition) is 3. The summed E-state index contributed by atoms with van der Waals surface area (Å²) in [6.07, 6.45) is 0. The third-order valence-corrected chi connectivity index (χ3v) is 4.12. The SMILES string of the molecule is Cc1cc(S(=O)(=O)NCC(F)(F)CO)cc(N)c1C. The number of nitrogen functional groups attached to an aromatic ring is 1. The molecule has 8 heteroatoms. The molecule has 1 rings (SSSR count). The van der Waals surface area contributed by atoms with Crippen molar-refractivity contribution in [3.63, 3.8) is 0 Å². The molecule has 0 aliphatic heterocycles. The zero-order valence-electron chi connectivity index (χ0n) is 10.6. The molecule has 4 N–H and O–H groups in total. The standard InChI is InChI=1S/C11H16F2N2O3S/c1-7-3-9(4-10(14)8(7)2)19(17,18)15-5-11(12,13)6-16/h3-4,15-16H,5-6,14H2,1-2H3. The Balaban J connectivity index is 3.02. The number of anilines is 1. The van der Waals surface area contributed by atoms with E-state index in [1.54, 1.807) is 18.6 Å². The van der Waals surface area contributed by atoms with Crippen molar-refractivity contribution in [3.05, 3.63) is 23.3 Å². The summed E-state index contributed by atoms with van der Waals surface area (Å²) in [5.41, 5.74) is 7.30. The molecule has 19 heavy (non-hydrogen) atoms. The van der Waals surface area contributed by atoms with Gasteiger partial charge < -0.3 is 10.8 Å². The van der Waals surface area contributed by atoms with Gasteiger partial charge in [-0.2, -0.15) is 0 Å². The number of halogens is 2. The van der Waals surface area contributed by atoms with Gasteiger partial charge in [-0.05, 0) is 37.1 Å². The van der Waals surface area contributed by atoms with Gasteiger partial charge in [-0.3, -0.25) is 0 Å². The normalized spacial score (nSPS) is 12.7. The van der Waals surface area contributed by atoms with E-state index in [0.717, 1.165) is 5.56 Å². The quantitative estimate of drug-likeness (QED) is 0.700. The van der Waals surface area contributed by atoms with Gasteiger partial charge in [0.25, 0.3) is 5.92 Å². The van der Waals surface area contributed by atoms with Crippen LogP contribution in [0.25, 0.3) is 0 Å². The predicted octanol–water partition coefficient (Wildman–Crippen LogP) is 0.792. The van der Waals surface area contributed by atoms with Crippen LogP contribution in [0.4, 0.5) is 14.5 Å². The third-order valence-electron chi connectivity index (χ3n) is 2.74. The molecule has 0 saturated carbocycles. The maximum atomic E-state index is 12.8. The first-order valence-electron chi connectivity index (χ1n) is 5.44. The van der Waals surface area contributed by atoms with Gasteiger partial charge in [-0.25, -0.2) is 21.9 Å². The summed E-state index contributed by atoms with van der Waals surface area (Å²) in [4.78, 5) is -0.179. The highest BCUT2D eigenvalue weighted by molar-refractivity contribution is 7.89. The summed E-state index contributed by atoms with van der Waals surface area (Å²) in [5.74, 6) is -3.50. The summed E-state index contributed by atoms with van der Waals surface area (Å²) in [5, 5.41) is 8.38. The molecule has 0 amide bonds. The Morgan fingerprint density at radius 1 is 1.37 bits per heavy atom. The van der Waals surface area contributed by atoms with Crippen LogP contribution >= 0.6 is 0 Å². The lowest BCUT2D eigenvalue weighted by atomic mass is 10.1. The van der Waals surface area contributed by atoms with Gasteiger partial charge >= 0.3 is 0 Å². The third kappa shape index (κ3) is 3.85. The van der Waals surface area contributed by atoms with Crippen LogP contribution in [0.5, 0.6) is 0 Å². The largest absolute Gasteiger partial charge is 0.398 e. The number of aliphatic hydroxyl groups excluding tert-OH is 1. The number of rotatable bonds is 5. The van der Waals surface area contributed by atoms with E-state index in [9.17, 15) is 17.2 Å². The summed E-state index contributed by atoms with van der Waals surface area (Å²) >= 11 is 0. The van der Waals surface area contributed by atoms with E-state index < -0.39 is 29.1 Å². The zero-order chi connectivity index (χ0) is 14.8. The zero-order valence-corrected chi connectivity index (χ0v) is 11.4. The van der Waals surface area contributed by atoms with E-state index in [4.69, 9.17) is 10.8 Å². The lowest BCUT2D eigenvalue weighted by molar-refractivity contribution is -0.0437. The molecule has 0 radical (unpaired) electrons. The maximum Gasteiger partial charge on any atom is 0.283 e. The Morgan fingerprint density at radius 2 is 1.95 bits per heavy atom. The van der Waals surface area contributed by atoms with E-state index >= 15 is 0 Å². The molecule has 1 aromatic carbocycles. The fourth-order valence-electron chi connectivity index (χ4n) is 1.35. The van der Waals surface area contributed by atoms with Gasteiger partial charge in [0.1, 0.15) is 6.61 Å². The first-order valence-corrected chi connectivity index (χ1v) is 6.92. The molecule has 0 unspecified atom stereocenters. The first-order chi connectivity index (χ1) is 8.59. The second-order valence-electron chi connectivity index (χ2n) is 4.29. The molecule has 0 atom stereocenters. The minimum atomic E-state index is -4.09. The number of alkyl halides is 2. The highest BCUT2D eigenvalue weighted by atomic mass is 32.2. The average molecular weight is 294 g/mol. The van der Waals surface area contributed by atoms with Crippen molar-refractivity contribution in [2.75, 3.05) is 18.9 Å². The molecule has 0 aliphatic carbocycles. The van der Waals surface area contributed by atoms with Crippen molar-refractivity contribution in [2.45, 2.75) is 24.7 Å². The van der Waals surface area contributed by atoms with Crippen LogP contribution < -0.4 is 10.5 Å². The lowest BCUT2D eigenvalue weighted by Gasteiger charge is -2.15. The predicted molar refractivity (Wildman–Crippen MR) is 67.5 cm³/mol. The maximum absolute atomic E-state index is 12.8. The van der Waals surface area contributed by atoms with Gasteiger partial charge in [0.15, 0.2) is 0 Å². The monoisotopic (exact) mass is 294 g/mol. The Labute approximate surface area is 110 Å². The fraction of sp³-hybridized carbons (Fsp3) is 0.455. The molecule has 0 aromatic heterocycles. The topological polar surface area (TPSA) is 92.4 Å². The molecular weight excluding hydrogens is 278 g/mol. The van der Waals surface area contributed by atoms with Gasteiger partial charge in [-0.1, -0.05) is 0 Å². The molecule has 0 heterocycles. The Bertz CT molecular complexity index is 550. The summed E-state index contributed by atoms with van der Waals surface area (Å²) in [6, 6.07) is 2.56. The highest BCUT2D eigenvalue weighted by Gasteiger charge is 2.30. The van der Waals surface area contributed by atoms with Crippen LogP contribution in [0, 0.1) is 13.8 Å². The van der Waals surface area contributed by atoms with Gasteiger partial charge in [-0.15, -0.1) is 0 Å². The molecule has 0 spiro atoms. The van der Waals surface area contributed by atoms with Gasteiger partial charge in [0.05, 0.1) is 11.4 Å². The minimum absolute atomic E-state index is 0.179. The average Bonchev–Trinajstić information content (AvgIpc) is 2.33. The molecule has 5 nitrogen and oxygen atoms in total. The van der Waals surface area contributed by atoms with Crippen LogP contribution in [-0.4, -0.2) is 32.6 Å². The molecule has 0 bridgehead atoms. The number of nitrogens with one attached hydrogen (secondary N) is 1. The number of sulfonamides is 1. The van der Waals surface area contributed by atoms with E-state index in [1.165, 1.54) is 12.1 Å². The van der Waals surface area contributed by atoms with Crippen LogP contribution in [0.2, 0.25) is 0 Å². The highest BCUT2D eigenvalue weighted by Crippen LogP contribution is 2.22. The molecule has 108 valence electrons. The molecule has 0 fully saturated rings. The second kappa shape index (κ2) is 5.40. The number of benzene rings is 1. The summed E-state index contributed by atoms with van der Waals surface area (Å²) in [7, 11) is -4.09. The van der Waals surface area contributed by atoms with E-state index in [0.29, 0.717) is 5.56 Å². The van der Waals surface area contributed by atoms with E-state index in [2.05, 4.69) is 0 Å². The van der Waals surface area contributed by atoms with Crippen molar-refractivity contribution < 1.29 is 22.3 Å². The number of aryl methyl sites for hydroxylation is 1.